The standard InChI is InChI=1S/C8H13O3P/c1-5-8-6(2)7(3)10-12(4,9)11-8/h1,6-8H,2-4H3. The van der Waals surface area contributed by atoms with Crippen LogP contribution in [0.5, 0.6) is 0 Å². The molecule has 0 aliphatic carbocycles. The Bertz CT molecular complexity index is 256. The second kappa shape index (κ2) is 3.22. The molecule has 0 N–H and O–H groups in total. The van der Waals surface area contributed by atoms with Crippen molar-refractivity contribution < 1.29 is 13.6 Å². The fourth-order valence-corrected chi connectivity index (χ4v) is 2.66. The van der Waals surface area contributed by atoms with Gasteiger partial charge < -0.3 is 4.52 Å². The molecule has 0 amide bonds. The molecule has 1 fully saturated rings. The van der Waals surface area contributed by atoms with E-state index < -0.39 is 7.60 Å². The molecule has 3 nitrogen and oxygen atoms in total. The third kappa shape index (κ3) is 1.90. The largest absolute Gasteiger partial charge is 0.329 e. The lowest BCUT2D eigenvalue weighted by Gasteiger charge is -2.34. The summed E-state index contributed by atoms with van der Waals surface area (Å²) in [4.78, 5) is 0. The van der Waals surface area contributed by atoms with Crippen molar-refractivity contribution >= 4 is 7.60 Å². The maximum Gasteiger partial charge on any atom is 0.329 e. The Labute approximate surface area is 73.0 Å². The van der Waals surface area contributed by atoms with Crippen LogP contribution in [-0.2, 0) is 13.6 Å². The van der Waals surface area contributed by atoms with Crippen molar-refractivity contribution in [2.24, 2.45) is 5.92 Å². The summed E-state index contributed by atoms with van der Waals surface area (Å²) >= 11 is 0. The first-order valence-electron chi connectivity index (χ1n) is 3.87. The molecule has 0 spiro atoms. The summed E-state index contributed by atoms with van der Waals surface area (Å²) in [5, 5.41) is 0. The summed E-state index contributed by atoms with van der Waals surface area (Å²) < 4.78 is 21.7. The topological polar surface area (TPSA) is 35.5 Å². The Morgan fingerprint density at radius 1 is 1.42 bits per heavy atom. The van der Waals surface area contributed by atoms with Crippen LogP contribution in [-0.4, -0.2) is 18.9 Å². The van der Waals surface area contributed by atoms with Crippen molar-refractivity contribution in [2.45, 2.75) is 26.1 Å². The van der Waals surface area contributed by atoms with Gasteiger partial charge in [-0.25, -0.2) is 0 Å². The van der Waals surface area contributed by atoms with Gasteiger partial charge in [0.05, 0.1) is 6.10 Å². The van der Waals surface area contributed by atoms with Crippen molar-refractivity contribution in [1.82, 2.24) is 0 Å². The van der Waals surface area contributed by atoms with Crippen molar-refractivity contribution in [1.29, 1.82) is 0 Å². The van der Waals surface area contributed by atoms with Crippen LogP contribution in [0.2, 0.25) is 0 Å². The molecule has 68 valence electrons. The fraction of sp³-hybridized carbons (Fsp3) is 0.750. The third-order valence-electron chi connectivity index (χ3n) is 2.05. The molecular formula is C8H13O3P. The highest BCUT2D eigenvalue weighted by Crippen LogP contribution is 2.52. The summed E-state index contributed by atoms with van der Waals surface area (Å²) in [7, 11) is -2.90. The van der Waals surface area contributed by atoms with Gasteiger partial charge in [0, 0.05) is 12.6 Å². The quantitative estimate of drug-likeness (QED) is 0.430. The van der Waals surface area contributed by atoms with E-state index in [1.807, 2.05) is 13.8 Å². The number of rotatable bonds is 0. The minimum absolute atomic E-state index is 0.0945. The van der Waals surface area contributed by atoms with E-state index >= 15 is 0 Å². The van der Waals surface area contributed by atoms with Gasteiger partial charge in [0.25, 0.3) is 0 Å². The molecule has 1 aliphatic heterocycles. The number of terminal acetylenes is 1. The molecule has 0 radical (unpaired) electrons. The first-order chi connectivity index (χ1) is 5.46. The zero-order valence-electron chi connectivity index (χ0n) is 7.48. The van der Waals surface area contributed by atoms with Gasteiger partial charge in [-0.05, 0) is 6.92 Å². The van der Waals surface area contributed by atoms with Crippen molar-refractivity contribution in [2.75, 3.05) is 6.66 Å². The van der Waals surface area contributed by atoms with Crippen LogP contribution < -0.4 is 0 Å². The minimum Gasteiger partial charge on any atom is -0.305 e. The van der Waals surface area contributed by atoms with Gasteiger partial charge in [-0.3, -0.25) is 9.09 Å². The molecule has 1 aliphatic rings. The van der Waals surface area contributed by atoms with Crippen LogP contribution >= 0.6 is 7.60 Å². The van der Waals surface area contributed by atoms with Crippen molar-refractivity contribution in [3.05, 3.63) is 0 Å². The van der Waals surface area contributed by atoms with Gasteiger partial charge in [-0.2, -0.15) is 0 Å². The van der Waals surface area contributed by atoms with Crippen LogP contribution in [0.15, 0.2) is 0 Å². The van der Waals surface area contributed by atoms with E-state index in [0.717, 1.165) is 0 Å². The highest BCUT2D eigenvalue weighted by Gasteiger charge is 2.37. The molecule has 1 heterocycles. The molecule has 0 aromatic rings. The van der Waals surface area contributed by atoms with E-state index in [9.17, 15) is 4.57 Å². The molecule has 12 heavy (non-hydrogen) atoms. The predicted octanol–water partition coefficient (Wildman–Crippen LogP) is 1.88. The minimum atomic E-state index is -2.90. The molecule has 0 aromatic heterocycles. The molecule has 4 heteroatoms. The Morgan fingerprint density at radius 2 is 2.00 bits per heavy atom. The lowest BCUT2D eigenvalue weighted by atomic mass is 10.0. The molecule has 1 rings (SSSR count). The van der Waals surface area contributed by atoms with Gasteiger partial charge in [0.2, 0.25) is 0 Å². The van der Waals surface area contributed by atoms with E-state index in [1.165, 1.54) is 6.66 Å². The maximum atomic E-state index is 11.4. The van der Waals surface area contributed by atoms with E-state index in [4.69, 9.17) is 15.5 Å². The summed E-state index contributed by atoms with van der Waals surface area (Å²) in [6.45, 7) is 5.22. The molecule has 0 bridgehead atoms. The van der Waals surface area contributed by atoms with E-state index in [-0.39, 0.29) is 18.1 Å². The monoisotopic (exact) mass is 188 g/mol. The molecule has 0 aromatic carbocycles. The lowest BCUT2D eigenvalue weighted by Crippen LogP contribution is -2.34. The molecule has 1 saturated heterocycles. The molecular weight excluding hydrogens is 175 g/mol. The second-order valence-corrected chi connectivity index (χ2v) is 5.10. The summed E-state index contributed by atoms with van der Waals surface area (Å²) in [6.07, 6.45) is 4.74. The van der Waals surface area contributed by atoms with Gasteiger partial charge >= 0.3 is 7.60 Å². The van der Waals surface area contributed by atoms with Gasteiger partial charge in [-0.15, -0.1) is 6.42 Å². The van der Waals surface area contributed by atoms with Crippen LogP contribution in [0.4, 0.5) is 0 Å². The summed E-state index contributed by atoms with van der Waals surface area (Å²) in [5.41, 5.74) is 0. The SMILES string of the molecule is C#CC1OP(C)(=O)OC(C)C1C. The predicted molar refractivity (Wildman–Crippen MR) is 46.9 cm³/mol. The Morgan fingerprint density at radius 3 is 2.50 bits per heavy atom. The zero-order chi connectivity index (χ0) is 9.35. The van der Waals surface area contributed by atoms with Crippen molar-refractivity contribution in [3.63, 3.8) is 0 Å². The Kier molecular flexibility index (Phi) is 2.63. The molecule has 4 atom stereocenters. The van der Waals surface area contributed by atoms with E-state index in [0.29, 0.717) is 0 Å². The fourth-order valence-electron chi connectivity index (χ4n) is 1.15. The van der Waals surface area contributed by atoms with Gasteiger partial charge in [0.1, 0.15) is 6.10 Å². The normalized spacial score (nSPS) is 48.3. The van der Waals surface area contributed by atoms with E-state index in [2.05, 4.69) is 5.92 Å². The average molecular weight is 188 g/mol. The third-order valence-corrected chi connectivity index (χ3v) is 3.37. The number of hydrogen-bond acceptors (Lipinski definition) is 3. The summed E-state index contributed by atoms with van der Waals surface area (Å²) in [6, 6.07) is 0. The van der Waals surface area contributed by atoms with Crippen LogP contribution in [0.25, 0.3) is 0 Å². The Balaban J connectivity index is 2.80. The van der Waals surface area contributed by atoms with Gasteiger partial charge in [-0.1, -0.05) is 12.8 Å². The number of hydrogen-bond donors (Lipinski definition) is 0. The Hall–Kier alpha value is -0.290. The van der Waals surface area contributed by atoms with E-state index in [1.54, 1.807) is 0 Å². The lowest BCUT2D eigenvalue weighted by molar-refractivity contribution is 0.0187. The molecule has 4 unspecified atom stereocenters. The average Bonchev–Trinajstić information content (AvgIpc) is 1.96. The van der Waals surface area contributed by atoms with Crippen molar-refractivity contribution in [3.8, 4) is 12.3 Å². The van der Waals surface area contributed by atoms with Crippen LogP contribution in [0.3, 0.4) is 0 Å². The highest BCUT2D eigenvalue weighted by molar-refractivity contribution is 7.53. The van der Waals surface area contributed by atoms with Crippen LogP contribution in [0.1, 0.15) is 13.8 Å². The van der Waals surface area contributed by atoms with Gasteiger partial charge in [0.15, 0.2) is 0 Å². The zero-order valence-corrected chi connectivity index (χ0v) is 8.38. The first-order valence-corrected chi connectivity index (χ1v) is 5.85. The smallest absolute Gasteiger partial charge is 0.305 e. The highest BCUT2D eigenvalue weighted by atomic mass is 31.2. The van der Waals surface area contributed by atoms with Crippen LogP contribution in [0, 0.1) is 18.3 Å². The first kappa shape index (κ1) is 9.80. The second-order valence-electron chi connectivity index (χ2n) is 3.13. The summed E-state index contributed by atoms with van der Waals surface area (Å²) in [5.74, 6) is 2.56. The maximum absolute atomic E-state index is 11.4. The molecule has 0 saturated carbocycles.